The number of hydrogen-bond acceptors (Lipinski definition) is 3. The molecule has 1 atom stereocenters. The Balaban J connectivity index is 2.33. The van der Waals surface area contributed by atoms with Crippen molar-refractivity contribution in [2.75, 3.05) is 25.5 Å². The summed E-state index contributed by atoms with van der Waals surface area (Å²) in [6.45, 7) is 1.72. The number of likely N-dealkylation sites (N-methyl/N-ethyl adjacent to an activating group) is 1. The summed E-state index contributed by atoms with van der Waals surface area (Å²) in [4.78, 5) is 26.8. The summed E-state index contributed by atoms with van der Waals surface area (Å²) in [6.07, 6.45) is -0.560. The van der Waals surface area contributed by atoms with E-state index in [1.54, 1.807) is 33.2 Å². The van der Waals surface area contributed by atoms with Crippen LogP contribution in [0.1, 0.15) is 6.92 Å². The molecule has 0 unspecified atom stereocenters. The van der Waals surface area contributed by atoms with Crippen molar-refractivity contribution in [2.24, 2.45) is 0 Å². The minimum Gasteiger partial charge on any atom is -0.479 e. The van der Waals surface area contributed by atoms with Gasteiger partial charge in [-0.25, -0.2) is 0 Å². The smallest absolute Gasteiger partial charge is 0.268 e. The number of nitrogens with zero attached hydrogens (tertiary/aromatic N) is 2. The molecule has 0 saturated heterocycles. The van der Waals surface area contributed by atoms with Crippen LogP contribution in [0.15, 0.2) is 24.3 Å². The van der Waals surface area contributed by atoms with Crippen molar-refractivity contribution in [2.45, 2.75) is 13.0 Å². The Hall–Kier alpha value is -2.04. The Bertz CT molecular complexity index is 485. The van der Waals surface area contributed by atoms with Crippen molar-refractivity contribution in [3.63, 3.8) is 0 Å². The van der Waals surface area contributed by atoms with Gasteiger partial charge in [0.25, 0.3) is 5.91 Å². The lowest BCUT2D eigenvalue weighted by Crippen LogP contribution is -2.48. The number of benzene rings is 1. The van der Waals surface area contributed by atoms with Crippen LogP contribution in [-0.4, -0.2) is 43.5 Å². The molecule has 1 aromatic carbocycles. The lowest BCUT2D eigenvalue weighted by Gasteiger charge is -2.33. The second-order valence-electron chi connectivity index (χ2n) is 4.44. The molecule has 0 radical (unpaired) electrons. The number of anilines is 1. The van der Waals surface area contributed by atoms with Gasteiger partial charge in [0, 0.05) is 14.1 Å². The predicted molar refractivity (Wildman–Crippen MR) is 67.6 cm³/mol. The second-order valence-corrected chi connectivity index (χ2v) is 4.44. The zero-order valence-corrected chi connectivity index (χ0v) is 10.7. The number of carbonyl (C=O) groups excluding carboxylic acids is 2. The summed E-state index contributed by atoms with van der Waals surface area (Å²) in [7, 11) is 3.34. The largest absolute Gasteiger partial charge is 0.479 e. The summed E-state index contributed by atoms with van der Waals surface area (Å²) in [5.41, 5.74) is 0.649. The second kappa shape index (κ2) is 4.68. The maximum Gasteiger partial charge on any atom is 0.268 e. The Morgan fingerprint density at radius 2 is 2.06 bits per heavy atom. The molecule has 1 aliphatic rings. The summed E-state index contributed by atoms with van der Waals surface area (Å²) in [5.74, 6) is 0.326. The maximum atomic E-state index is 12.1. The fourth-order valence-electron chi connectivity index (χ4n) is 1.80. The van der Waals surface area contributed by atoms with Gasteiger partial charge in [-0.3, -0.25) is 14.5 Å². The van der Waals surface area contributed by atoms with Crippen LogP contribution in [0.4, 0.5) is 5.69 Å². The molecule has 1 heterocycles. The first-order chi connectivity index (χ1) is 8.50. The SMILES string of the molecule is C[C@H]1Oc2ccccc2N(CC(=O)N(C)C)C1=O. The molecule has 5 nitrogen and oxygen atoms in total. The third kappa shape index (κ3) is 2.16. The molecule has 1 aliphatic heterocycles. The van der Waals surface area contributed by atoms with Crippen molar-refractivity contribution in [3.05, 3.63) is 24.3 Å². The van der Waals surface area contributed by atoms with Crippen LogP contribution in [-0.2, 0) is 9.59 Å². The highest BCUT2D eigenvalue weighted by Gasteiger charge is 2.32. The van der Waals surface area contributed by atoms with Gasteiger partial charge in [0.1, 0.15) is 12.3 Å². The molecule has 0 saturated carbocycles. The zero-order valence-electron chi connectivity index (χ0n) is 10.7. The molecule has 2 rings (SSSR count). The van der Waals surface area contributed by atoms with Crippen molar-refractivity contribution < 1.29 is 14.3 Å². The van der Waals surface area contributed by atoms with E-state index in [1.165, 1.54) is 9.80 Å². The average molecular weight is 248 g/mol. The van der Waals surface area contributed by atoms with Crippen molar-refractivity contribution in [1.82, 2.24) is 4.90 Å². The first-order valence-electron chi connectivity index (χ1n) is 5.78. The van der Waals surface area contributed by atoms with Crippen LogP contribution in [0.2, 0.25) is 0 Å². The molecule has 0 bridgehead atoms. The number of rotatable bonds is 2. The van der Waals surface area contributed by atoms with Crippen LogP contribution < -0.4 is 9.64 Å². The molecule has 96 valence electrons. The van der Waals surface area contributed by atoms with Crippen LogP contribution in [0, 0.1) is 0 Å². The van der Waals surface area contributed by atoms with Gasteiger partial charge in [0.05, 0.1) is 5.69 Å². The summed E-state index contributed by atoms with van der Waals surface area (Å²) < 4.78 is 5.50. The van der Waals surface area contributed by atoms with Gasteiger partial charge in [-0.15, -0.1) is 0 Å². The van der Waals surface area contributed by atoms with Gasteiger partial charge in [-0.2, -0.15) is 0 Å². The van der Waals surface area contributed by atoms with E-state index in [2.05, 4.69) is 0 Å². The number of para-hydroxylation sites is 2. The standard InChI is InChI=1S/C13H16N2O3/c1-9-13(17)15(8-12(16)14(2)3)10-6-4-5-7-11(10)18-9/h4-7,9H,8H2,1-3H3/t9-/m1/s1. The first-order valence-corrected chi connectivity index (χ1v) is 5.78. The van der Waals surface area contributed by atoms with Gasteiger partial charge in [0.2, 0.25) is 5.91 Å². The van der Waals surface area contributed by atoms with Gasteiger partial charge < -0.3 is 9.64 Å². The normalized spacial score (nSPS) is 18.1. The van der Waals surface area contributed by atoms with E-state index in [4.69, 9.17) is 4.74 Å². The highest BCUT2D eigenvalue weighted by molar-refractivity contribution is 6.03. The molecule has 0 fully saturated rings. The molecule has 2 amide bonds. The Labute approximate surface area is 106 Å². The van der Waals surface area contributed by atoms with E-state index in [9.17, 15) is 9.59 Å². The third-order valence-corrected chi connectivity index (χ3v) is 2.87. The fraction of sp³-hybridized carbons (Fsp3) is 0.385. The van der Waals surface area contributed by atoms with E-state index in [1.807, 2.05) is 12.1 Å². The van der Waals surface area contributed by atoms with E-state index in [0.717, 1.165) is 0 Å². The molecule has 0 aliphatic carbocycles. The van der Waals surface area contributed by atoms with Gasteiger partial charge in [0.15, 0.2) is 6.10 Å². The number of hydrogen-bond donors (Lipinski definition) is 0. The van der Waals surface area contributed by atoms with Crippen molar-refractivity contribution >= 4 is 17.5 Å². The molecular formula is C13H16N2O3. The van der Waals surface area contributed by atoms with Gasteiger partial charge >= 0.3 is 0 Å². The van der Waals surface area contributed by atoms with Crippen molar-refractivity contribution in [3.8, 4) is 5.75 Å². The minimum absolute atomic E-state index is 0.0382. The number of fused-ring (bicyclic) bond motifs is 1. The molecule has 5 heteroatoms. The van der Waals surface area contributed by atoms with Crippen molar-refractivity contribution in [1.29, 1.82) is 0 Å². The van der Waals surface area contributed by atoms with Gasteiger partial charge in [-0.1, -0.05) is 12.1 Å². The topological polar surface area (TPSA) is 49.9 Å². The van der Waals surface area contributed by atoms with Crippen LogP contribution >= 0.6 is 0 Å². The van der Waals surface area contributed by atoms with E-state index in [-0.39, 0.29) is 18.4 Å². The number of ether oxygens (including phenoxy) is 1. The minimum atomic E-state index is -0.560. The van der Waals surface area contributed by atoms with E-state index >= 15 is 0 Å². The zero-order chi connectivity index (χ0) is 13.3. The first kappa shape index (κ1) is 12.4. The molecule has 18 heavy (non-hydrogen) atoms. The Morgan fingerprint density at radius 3 is 2.72 bits per heavy atom. The number of carbonyl (C=O) groups is 2. The predicted octanol–water partition coefficient (Wildman–Crippen LogP) is 0.889. The van der Waals surface area contributed by atoms with Gasteiger partial charge in [-0.05, 0) is 19.1 Å². The quantitative estimate of drug-likeness (QED) is 0.781. The van der Waals surface area contributed by atoms with Crippen LogP contribution in [0.25, 0.3) is 0 Å². The Kier molecular flexibility index (Phi) is 3.23. The lowest BCUT2D eigenvalue weighted by molar-refractivity contribution is -0.131. The van der Waals surface area contributed by atoms with E-state index in [0.29, 0.717) is 11.4 Å². The monoisotopic (exact) mass is 248 g/mol. The summed E-state index contributed by atoms with van der Waals surface area (Å²) in [6, 6.07) is 7.24. The molecule has 0 N–H and O–H groups in total. The number of amides is 2. The Morgan fingerprint density at radius 1 is 1.39 bits per heavy atom. The maximum absolute atomic E-state index is 12.1. The molecule has 1 aromatic rings. The highest BCUT2D eigenvalue weighted by atomic mass is 16.5. The molecule has 0 aromatic heterocycles. The summed E-state index contributed by atoms with van der Waals surface area (Å²) in [5, 5.41) is 0. The highest BCUT2D eigenvalue weighted by Crippen LogP contribution is 2.33. The van der Waals surface area contributed by atoms with Crippen LogP contribution in [0.5, 0.6) is 5.75 Å². The molecule has 0 spiro atoms. The van der Waals surface area contributed by atoms with E-state index < -0.39 is 6.10 Å². The third-order valence-electron chi connectivity index (χ3n) is 2.87. The fourth-order valence-corrected chi connectivity index (χ4v) is 1.80. The average Bonchev–Trinajstić information content (AvgIpc) is 2.34. The molecular weight excluding hydrogens is 232 g/mol. The summed E-state index contributed by atoms with van der Waals surface area (Å²) >= 11 is 0. The van der Waals surface area contributed by atoms with Crippen LogP contribution in [0.3, 0.4) is 0 Å². The lowest BCUT2D eigenvalue weighted by atomic mass is 10.2.